The molecule has 186 valence electrons. The first-order valence-electron chi connectivity index (χ1n) is 11.9. The second kappa shape index (κ2) is 10.5. The van der Waals surface area contributed by atoms with E-state index in [1.54, 1.807) is 38.5 Å². The van der Waals surface area contributed by atoms with Crippen LogP contribution in [0.3, 0.4) is 0 Å². The molecular weight excluding hydrogens is 468 g/mol. The summed E-state index contributed by atoms with van der Waals surface area (Å²) in [5, 5.41) is 8.47. The van der Waals surface area contributed by atoms with Crippen LogP contribution in [0.2, 0.25) is 0 Å². The molecule has 4 aromatic rings. The maximum absolute atomic E-state index is 13.4. The summed E-state index contributed by atoms with van der Waals surface area (Å²) in [7, 11) is 3.17. The molecule has 0 saturated heterocycles. The molecule has 37 heavy (non-hydrogen) atoms. The summed E-state index contributed by atoms with van der Waals surface area (Å²) >= 11 is 0. The number of hydrogen-bond donors (Lipinski definition) is 0. The van der Waals surface area contributed by atoms with Gasteiger partial charge in [0, 0.05) is 17.5 Å². The molecule has 1 amide bonds. The van der Waals surface area contributed by atoms with E-state index in [-0.39, 0.29) is 18.6 Å². The van der Waals surface area contributed by atoms with E-state index >= 15 is 0 Å². The Kier molecular flexibility index (Phi) is 6.85. The Morgan fingerprint density at radius 2 is 1.73 bits per heavy atom. The number of carbonyl (C=O) groups is 2. The van der Waals surface area contributed by atoms with Gasteiger partial charge in [-0.1, -0.05) is 60.7 Å². The van der Waals surface area contributed by atoms with Crippen LogP contribution < -0.4 is 14.2 Å². The van der Waals surface area contributed by atoms with Crippen molar-refractivity contribution in [2.45, 2.75) is 12.5 Å². The number of amides is 1. The molecule has 1 heterocycles. The van der Waals surface area contributed by atoms with Gasteiger partial charge in [0.1, 0.15) is 12.0 Å². The van der Waals surface area contributed by atoms with Crippen molar-refractivity contribution in [2.24, 2.45) is 5.10 Å². The minimum atomic E-state index is -0.355. The molecule has 1 aliphatic rings. The van der Waals surface area contributed by atoms with Crippen LogP contribution in [0.15, 0.2) is 90.0 Å². The van der Waals surface area contributed by atoms with Gasteiger partial charge in [0.15, 0.2) is 18.1 Å². The van der Waals surface area contributed by atoms with Gasteiger partial charge in [0.05, 0.1) is 26.0 Å². The molecule has 0 radical (unpaired) electrons. The first-order chi connectivity index (χ1) is 18.1. The van der Waals surface area contributed by atoms with Crippen LogP contribution in [0.4, 0.5) is 0 Å². The van der Waals surface area contributed by atoms with Crippen molar-refractivity contribution in [3.63, 3.8) is 0 Å². The summed E-state index contributed by atoms with van der Waals surface area (Å²) in [6.45, 7) is -0.224. The van der Waals surface area contributed by atoms with Crippen LogP contribution in [0.5, 0.6) is 17.2 Å². The minimum absolute atomic E-state index is 0.224. The van der Waals surface area contributed by atoms with Crippen molar-refractivity contribution in [2.75, 3.05) is 20.8 Å². The Morgan fingerprint density at radius 3 is 2.54 bits per heavy atom. The number of hydrogen-bond acceptors (Lipinski definition) is 6. The van der Waals surface area contributed by atoms with E-state index in [1.807, 2.05) is 42.5 Å². The monoisotopic (exact) mass is 494 g/mol. The van der Waals surface area contributed by atoms with E-state index in [4.69, 9.17) is 19.3 Å². The molecule has 0 fully saturated rings. The third-order valence-corrected chi connectivity index (χ3v) is 6.42. The molecule has 0 saturated carbocycles. The van der Waals surface area contributed by atoms with Gasteiger partial charge < -0.3 is 14.2 Å². The highest BCUT2D eigenvalue weighted by Gasteiger charge is 2.34. The summed E-state index contributed by atoms with van der Waals surface area (Å²) in [6, 6.07) is 26.2. The lowest BCUT2D eigenvalue weighted by molar-refractivity contribution is -0.135. The van der Waals surface area contributed by atoms with Gasteiger partial charge in [0.2, 0.25) is 0 Å². The Bertz CT molecular complexity index is 1490. The number of hydrazone groups is 1. The number of nitrogens with zero attached hydrogens (tertiary/aromatic N) is 2. The molecule has 0 spiro atoms. The van der Waals surface area contributed by atoms with Gasteiger partial charge in [-0.2, -0.15) is 5.10 Å². The smallest absolute Gasteiger partial charge is 0.281 e. The normalized spacial score (nSPS) is 14.8. The summed E-state index contributed by atoms with van der Waals surface area (Å²) < 4.78 is 16.6. The van der Waals surface area contributed by atoms with Crippen LogP contribution in [0.25, 0.3) is 10.8 Å². The van der Waals surface area contributed by atoms with Gasteiger partial charge in [0.25, 0.3) is 5.91 Å². The molecule has 0 N–H and O–H groups in total. The molecule has 5 rings (SSSR count). The number of ether oxygens (including phenoxy) is 3. The van der Waals surface area contributed by atoms with Crippen molar-refractivity contribution in [1.29, 1.82) is 0 Å². The SMILES string of the molecule is COc1ccc(C2CC(c3cccc4ccccc34)=NN2C(=O)COc2cccc(C=O)c2)cc1OC. The van der Waals surface area contributed by atoms with E-state index in [2.05, 4.69) is 18.2 Å². The maximum atomic E-state index is 13.4. The van der Waals surface area contributed by atoms with Gasteiger partial charge in [-0.15, -0.1) is 0 Å². The number of fused-ring (bicyclic) bond motifs is 1. The van der Waals surface area contributed by atoms with Crippen LogP contribution in [-0.2, 0) is 4.79 Å². The zero-order valence-corrected chi connectivity index (χ0v) is 20.6. The predicted octanol–water partition coefficient (Wildman–Crippen LogP) is 5.43. The molecule has 0 aromatic heterocycles. The zero-order valence-electron chi connectivity index (χ0n) is 20.6. The molecule has 0 bridgehead atoms. The topological polar surface area (TPSA) is 77.4 Å². The van der Waals surface area contributed by atoms with Crippen LogP contribution in [-0.4, -0.2) is 43.7 Å². The van der Waals surface area contributed by atoms with Crippen molar-refractivity contribution >= 4 is 28.7 Å². The number of rotatable bonds is 8. The van der Waals surface area contributed by atoms with Crippen LogP contribution >= 0.6 is 0 Å². The minimum Gasteiger partial charge on any atom is -0.493 e. The fraction of sp³-hybridized carbons (Fsp3) is 0.167. The number of benzene rings is 4. The second-order valence-electron chi connectivity index (χ2n) is 8.63. The summed E-state index contributed by atoms with van der Waals surface area (Å²) in [5.41, 5.74) is 3.14. The van der Waals surface area contributed by atoms with Gasteiger partial charge in [-0.25, -0.2) is 5.01 Å². The van der Waals surface area contributed by atoms with Crippen molar-refractivity contribution < 1.29 is 23.8 Å². The van der Waals surface area contributed by atoms with E-state index in [0.717, 1.165) is 33.9 Å². The highest BCUT2D eigenvalue weighted by Crippen LogP contribution is 2.38. The molecule has 7 nitrogen and oxygen atoms in total. The van der Waals surface area contributed by atoms with Gasteiger partial charge in [-0.05, 0) is 40.6 Å². The molecule has 0 aliphatic carbocycles. The van der Waals surface area contributed by atoms with Crippen molar-refractivity contribution in [3.8, 4) is 17.2 Å². The predicted molar refractivity (Wildman–Crippen MR) is 142 cm³/mol. The van der Waals surface area contributed by atoms with E-state index in [1.165, 1.54) is 5.01 Å². The highest BCUT2D eigenvalue weighted by molar-refractivity contribution is 6.12. The van der Waals surface area contributed by atoms with Gasteiger partial charge >= 0.3 is 0 Å². The maximum Gasteiger partial charge on any atom is 0.281 e. The molecular formula is C30H26N2O5. The number of methoxy groups -OCH3 is 2. The van der Waals surface area contributed by atoms with Crippen LogP contribution in [0.1, 0.15) is 33.9 Å². The average molecular weight is 495 g/mol. The first kappa shape index (κ1) is 24.1. The lowest BCUT2D eigenvalue weighted by Gasteiger charge is -2.23. The standard InChI is InChI=1S/C30H26N2O5/c1-35-28-14-13-22(16-29(28)36-2)27-17-26(25-12-6-9-21-8-3-4-11-24(21)25)31-32(27)30(34)19-37-23-10-5-7-20(15-23)18-33/h3-16,18,27H,17,19H2,1-2H3. The average Bonchev–Trinajstić information content (AvgIpc) is 3.40. The number of aldehydes is 1. The van der Waals surface area contributed by atoms with Crippen molar-refractivity contribution in [3.05, 3.63) is 102 Å². The highest BCUT2D eigenvalue weighted by atomic mass is 16.5. The van der Waals surface area contributed by atoms with Crippen molar-refractivity contribution in [1.82, 2.24) is 5.01 Å². The van der Waals surface area contributed by atoms with E-state index < -0.39 is 0 Å². The Morgan fingerprint density at radius 1 is 0.946 bits per heavy atom. The zero-order chi connectivity index (χ0) is 25.8. The Balaban J connectivity index is 1.49. The molecule has 7 heteroatoms. The molecule has 4 aromatic carbocycles. The van der Waals surface area contributed by atoms with Crippen LogP contribution in [0, 0.1) is 0 Å². The third kappa shape index (κ3) is 4.89. The fourth-order valence-electron chi connectivity index (χ4n) is 4.59. The molecule has 1 aliphatic heterocycles. The lowest BCUT2D eigenvalue weighted by Crippen LogP contribution is -2.31. The summed E-state index contributed by atoms with van der Waals surface area (Å²) in [4.78, 5) is 24.5. The number of carbonyl (C=O) groups excluding carboxylic acids is 2. The summed E-state index contributed by atoms with van der Waals surface area (Å²) in [6.07, 6.45) is 1.26. The molecule has 1 unspecified atom stereocenters. The largest absolute Gasteiger partial charge is 0.493 e. The first-order valence-corrected chi connectivity index (χ1v) is 11.9. The Hall–Kier alpha value is -4.65. The Labute approximate surface area is 214 Å². The van der Waals surface area contributed by atoms with E-state index in [0.29, 0.717) is 29.2 Å². The van der Waals surface area contributed by atoms with Gasteiger partial charge in [-0.3, -0.25) is 9.59 Å². The lowest BCUT2D eigenvalue weighted by atomic mass is 9.95. The molecule has 1 atom stereocenters. The fourth-order valence-corrected chi connectivity index (χ4v) is 4.59. The van der Waals surface area contributed by atoms with E-state index in [9.17, 15) is 9.59 Å². The summed E-state index contributed by atoms with van der Waals surface area (Å²) in [5.74, 6) is 1.33. The third-order valence-electron chi connectivity index (χ3n) is 6.42. The second-order valence-corrected chi connectivity index (χ2v) is 8.63. The quantitative estimate of drug-likeness (QED) is 0.306.